The van der Waals surface area contributed by atoms with Crippen molar-refractivity contribution in [3.8, 4) is 5.75 Å². The van der Waals surface area contributed by atoms with Gasteiger partial charge in [-0.1, -0.05) is 37.3 Å². The van der Waals surface area contributed by atoms with E-state index in [-0.39, 0.29) is 0 Å². The van der Waals surface area contributed by atoms with Crippen molar-refractivity contribution < 1.29 is 9.53 Å². The van der Waals surface area contributed by atoms with Gasteiger partial charge in [0.2, 0.25) is 5.91 Å². The maximum Gasteiger partial charge on any atom is 0.225 e. The fourth-order valence-electron chi connectivity index (χ4n) is 3.87. The molecule has 1 aromatic rings. The molecule has 2 fully saturated rings. The molecule has 0 unspecified atom stereocenters. The van der Waals surface area contributed by atoms with Crippen molar-refractivity contribution in [2.45, 2.75) is 32.7 Å². The van der Waals surface area contributed by atoms with Crippen molar-refractivity contribution >= 4 is 11.9 Å². The molecule has 170 valence electrons. The van der Waals surface area contributed by atoms with Gasteiger partial charge in [-0.2, -0.15) is 0 Å². The van der Waals surface area contributed by atoms with Gasteiger partial charge in [-0.25, -0.2) is 4.99 Å². The fourth-order valence-corrected chi connectivity index (χ4v) is 3.87. The van der Waals surface area contributed by atoms with Crippen LogP contribution in [0.25, 0.3) is 0 Å². The number of piperazine rings is 1. The first-order valence-corrected chi connectivity index (χ1v) is 11.6. The van der Waals surface area contributed by atoms with Crippen LogP contribution in [-0.4, -0.2) is 74.1 Å². The van der Waals surface area contributed by atoms with E-state index in [1.165, 1.54) is 6.42 Å². The second-order valence-corrected chi connectivity index (χ2v) is 8.12. The molecule has 31 heavy (non-hydrogen) atoms. The minimum absolute atomic E-state index is 0.305. The zero-order valence-corrected chi connectivity index (χ0v) is 18.8. The summed E-state index contributed by atoms with van der Waals surface area (Å²) in [4.78, 5) is 21.6. The summed E-state index contributed by atoms with van der Waals surface area (Å²) >= 11 is 0. The van der Waals surface area contributed by atoms with E-state index in [2.05, 4.69) is 33.9 Å². The Labute approximate surface area is 186 Å². The van der Waals surface area contributed by atoms with Crippen LogP contribution in [0.2, 0.25) is 0 Å². The Balaban J connectivity index is 1.42. The van der Waals surface area contributed by atoms with Crippen LogP contribution in [0.4, 0.5) is 0 Å². The number of nitrogens with one attached hydrogen (secondary N) is 2. The predicted molar refractivity (Wildman–Crippen MR) is 125 cm³/mol. The zero-order chi connectivity index (χ0) is 21.9. The highest BCUT2D eigenvalue weighted by Crippen LogP contribution is 2.28. The Morgan fingerprint density at radius 2 is 2.00 bits per heavy atom. The molecule has 3 rings (SSSR count). The van der Waals surface area contributed by atoms with Crippen LogP contribution in [0.5, 0.6) is 5.75 Å². The van der Waals surface area contributed by atoms with Crippen molar-refractivity contribution in [2.24, 2.45) is 10.9 Å². The van der Waals surface area contributed by atoms with Crippen LogP contribution in [0, 0.1) is 5.92 Å². The number of aliphatic imine (C=N–C) groups is 1. The summed E-state index contributed by atoms with van der Waals surface area (Å²) in [5.41, 5.74) is 1.05. The monoisotopic (exact) mass is 427 g/mol. The van der Waals surface area contributed by atoms with E-state index in [1.54, 1.807) is 6.08 Å². The number of hydrogen-bond donors (Lipinski definition) is 2. The number of benzene rings is 1. The standard InChI is InChI=1S/C24H37N5O2/c1-3-18-31-22-11-6-5-8-21(22)19-27-24(25-4-2)26-12-13-28-14-16-29(17-15-28)23(30)20-9-7-10-20/h3,5-6,8,11,20H,1,4,7,9-10,12-19H2,2H3,(H2,25,26,27). The molecule has 1 saturated heterocycles. The zero-order valence-electron chi connectivity index (χ0n) is 18.8. The van der Waals surface area contributed by atoms with Crippen molar-refractivity contribution in [3.05, 3.63) is 42.5 Å². The summed E-state index contributed by atoms with van der Waals surface area (Å²) in [5.74, 6) is 2.33. The van der Waals surface area contributed by atoms with Crippen LogP contribution < -0.4 is 15.4 Å². The lowest BCUT2D eigenvalue weighted by atomic mass is 9.84. The fraction of sp³-hybridized carbons (Fsp3) is 0.583. The molecule has 0 atom stereocenters. The Morgan fingerprint density at radius 3 is 2.68 bits per heavy atom. The lowest BCUT2D eigenvalue weighted by molar-refractivity contribution is -0.139. The highest BCUT2D eigenvalue weighted by Gasteiger charge is 2.30. The number of para-hydroxylation sites is 1. The minimum Gasteiger partial charge on any atom is -0.489 e. The van der Waals surface area contributed by atoms with Crippen molar-refractivity contribution in [3.63, 3.8) is 0 Å². The number of rotatable bonds is 10. The van der Waals surface area contributed by atoms with E-state index in [0.717, 1.165) is 75.9 Å². The number of amides is 1. The SMILES string of the molecule is C=CCOc1ccccc1CN=C(NCC)NCCN1CCN(C(=O)C2CCC2)CC1. The van der Waals surface area contributed by atoms with Gasteiger partial charge in [-0.15, -0.1) is 0 Å². The molecule has 1 aliphatic heterocycles. The van der Waals surface area contributed by atoms with Gasteiger partial charge in [-0.05, 0) is 25.8 Å². The van der Waals surface area contributed by atoms with Crippen LogP contribution in [-0.2, 0) is 11.3 Å². The topological polar surface area (TPSA) is 69.2 Å². The molecule has 0 bridgehead atoms. The van der Waals surface area contributed by atoms with E-state index in [1.807, 2.05) is 24.3 Å². The highest BCUT2D eigenvalue weighted by molar-refractivity contribution is 5.80. The lowest BCUT2D eigenvalue weighted by Crippen LogP contribution is -2.52. The van der Waals surface area contributed by atoms with Crippen molar-refractivity contribution in [1.82, 2.24) is 20.4 Å². The summed E-state index contributed by atoms with van der Waals surface area (Å²) in [6.45, 7) is 13.0. The van der Waals surface area contributed by atoms with E-state index in [0.29, 0.717) is 25.0 Å². The molecule has 7 nitrogen and oxygen atoms in total. The van der Waals surface area contributed by atoms with Gasteiger partial charge < -0.3 is 20.3 Å². The van der Waals surface area contributed by atoms with Gasteiger partial charge in [0.15, 0.2) is 5.96 Å². The number of carbonyl (C=O) groups excluding carboxylic acids is 1. The van der Waals surface area contributed by atoms with Crippen molar-refractivity contribution in [1.29, 1.82) is 0 Å². The molecule has 0 aromatic heterocycles. The highest BCUT2D eigenvalue weighted by atomic mass is 16.5. The molecule has 2 aliphatic rings. The molecule has 1 aliphatic carbocycles. The molecule has 0 radical (unpaired) electrons. The third-order valence-corrected chi connectivity index (χ3v) is 5.94. The van der Waals surface area contributed by atoms with Gasteiger partial charge in [0.1, 0.15) is 12.4 Å². The van der Waals surface area contributed by atoms with Gasteiger partial charge in [0, 0.05) is 57.3 Å². The number of guanidine groups is 1. The molecule has 1 heterocycles. The molecular formula is C24H37N5O2. The Kier molecular flexibility index (Phi) is 9.21. The third kappa shape index (κ3) is 6.99. The molecule has 0 spiro atoms. The molecule has 2 N–H and O–H groups in total. The summed E-state index contributed by atoms with van der Waals surface area (Å²) < 4.78 is 5.73. The smallest absolute Gasteiger partial charge is 0.225 e. The summed E-state index contributed by atoms with van der Waals surface area (Å²) in [5, 5.41) is 6.74. The van der Waals surface area contributed by atoms with Gasteiger partial charge in [0.25, 0.3) is 0 Å². The molecular weight excluding hydrogens is 390 g/mol. The largest absolute Gasteiger partial charge is 0.489 e. The van der Waals surface area contributed by atoms with Crippen LogP contribution >= 0.6 is 0 Å². The van der Waals surface area contributed by atoms with E-state index in [4.69, 9.17) is 9.73 Å². The Morgan fingerprint density at radius 1 is 1.23 bits per heavy atom. The first kappa shape index (κ1) is 23.1. The average Bonchev–Trinajstić information content (AvgIpc) is 2.76. The lowest BCUT2D eigenvalue weighted by Gasteiger charge is -2.38. The Hall–Kier alpha value is -2.54. The summed E-state index contributed by atoms with van der Waals surface area (Å²) in [7, 11) is 0. The van der Waals surface area contributed by atoms with Gasteiger partial charge in [0.05, 0.1) is 6.54 Å². The molecule has 7 heteroatoms. The predicted octanol–water partition coefficient (Wildman–Crippen LogP) is 2.25. The summed E-state index contributed by atoms with van der Waals surface area (Å²) in [6.07, 6.45) is 5.13. The second kappa shape index (κ2) is 12.3. The molecule has 1 amide bonds. The maximum atomic E-state index is 12.4. The molecule has 1 aromatic carbocycles. The average molecular weight is 428 g/mol. The van der Waals surface area contributed by atoms with Crippen LogP contribution in [0.15, 0.2) is 41.9 Å². The quantitative estimate of drug-likeness (QED) is 0.341. The van der Waals surface area contributed by atoms with E-state index >= 15 is 0 Å². The third-order valence-electron chi connectivity index (χ3n) is 5.94. The first-order valence-electron chi connectivity index (χ1n) is 11.6. The number of nitrogens with zero attached hydrogens (tertiary/aromatic N) is 3. The van der Waals surface area contributed by atoms with E-state index in [9.17, 15) is 4.79 Å². The number of ether oxygens (including phenoxy) is 1. The normalized spacial score (nSPS) is 17.7. The van der Waals surface area contributed by atoms with Crippen LogP contribution in [0.3, 0.4) is 0 Å². The van der Waals surface area contributed by atoms with Crippen LogP contribution in [0.1, 0.15) is 31.7 Å². The minimum atomic E-state index is 0.305. The van der Waals surface area contributed by atoms with Gasteiger partial charge >= 0.3 is 0 Å². The van der Waals surface area contributed by atoms with E-state index < -0.39 is 0 Å². The number of hydrogen-bond acceptors (Lipinski definition) is 4. The van der Waals surface area contributed by atoms with Gasteiger partial charge in [-0.3, -0.25) is 9.69 Å². The van der Waals surface area contributed by atoms with Crippen molar-refractivity contribution in [2.75, 3.05) is 52.4 Å². The molecule has 1 saturated carbocycles. The Bertz CT molecular complexity index is 739. The summed E-state index contributed by atoms with van der Waals surface area (Å²) in [6, 6.07) is 7.97. The first-order chi connectivity index (χ1) is 15.2. The number of carbonyl (C=O) groups is 1. The second-order valence-electron chi connectivity index (χ2n) is 8.12. The maximum absolute atomic E-state index is 12.4.